The summed E-state index contributed by atoms with van der Waals surface area (Å²) in [6.45, 7) is 3.33. The van der Waals surface area contributed by atoms with Gasteiger partial charge >= 0.3 is 5.97 Å². The molecule has 0 spiro atoms. The van der Waals surface area contributed by atoms with E-state index in [2.05, 4.69) is 20.9 Å². The fraction of sp³-hybridized carbons (Fsp3) is 0.214. The van der Waals surface area contributed by atoms with Gasteiger partial charge in [-0.15, -0.1) is 11.3 Å². The van der Waals surface area contributed by atoms with Crippen molar-refractivity contribution in [3.05, 3.63) is 38.3 Å². The van der Waals surface area contributed by atoms with Crippen LogP contribution < -0.4 is 0 Å². The van der Waals surface area contributed by atoms with E-state index >= 15 is 0 Å². The van der Waals surface area contributed by atoms with Gasteiger partial charge in [0.05, 0.1) is 6.61 Å². The van der Waals surface area contributed by atoms with Crippen molar-refractivity contribution in [3.63, 3.8) is 0 Å². The molecule has 0 saturated heterocycles. The van der Waals surface area contributed by atoms with E-state index < -0.39 is 5.97 Å². The van der Waals surface area contributed by atoms with Crippen molar-refractivity contribution in [1.29, 1.82) is 0 Å². The second kappa shape index (κ2) is 6.68. The van der Waals surface area contributed by atoms with E-state index in [9.17, 15) is 9.59 Å². The fourth-order valence-corrected chi connectivity index (χ4v) is 3.66. The van der Waals surface area contributed by atoms with Gasteiger partial charge in [0, 0.05) is 22.0 Å². The van der Waals surface area contributed by atoms with E-state index in [0.29, 0.717) is 14.9 Å². The number of ether oxygens (including phenoxy) is 1. The number of hydrogen-bond acceptors (Lipinski definition) is 5. The Morgan fingerprint density at radius 1 is 1.43 bits per heavy atom. The lowest BCUT2D eigenvalue weighted by Gasteiger charge is -2.00. The van der Waals surface area contributed by atoms with E-state index in [1.54, 1.807) is 25.1 Å². The second-order valence-corrected chi connectivity index (χ2v) is 6.39. The first kappa shape index (κ1) is 16.1. The maximum absolute atomic E-state index is 11.9. The number of ketones is 1. The first-order valence-corrected chi connectivity index (χ1v) is 8.07. The predicted octanol–water partition coefficient (Wildman–Crippen LogP) is 4.61. The van der Waals surface area contributed by atoms with E-state index in [-0.39, 0.29) is 18.1 Å². The molecule has 4 nitrogen and oxygen atoms in total. The van der Waals surface area contributed by atoms with Gasteiger partial charge in [0.15, 0.2) is 11.5 Å². The van der Waals surface area contributed by atoms with Gasteiger partial charge in [-0.2, -0.15) is 0 Å². The van der Waals surface area contributed by atoms with Gasteiger partial charge in [0.1, 0.15) is 9.88 Å². The van der Waals surface area contributed by atoms with Crippen molar-refractivity contribution in [2.75, 3.05) is 6.61 Å². The average Bonchev–Trinajstić information content (AvgIpc) is 2.84. The van der Waals surface area contributed by atoms with Crippen molar-refractivity contribution in [1.82, 2.24) is 4.98 Å². The zero-order chi connectivity index (χ0) is 15.6. The molecule has 0 radical (unpaired) electrons. The number of halogens is 2. The highest BCUT2D eigenvalue weighted by atomic mass is 79.9. The van der Waals surface area contributed by atoms with Crippen LogP contribution in [0.3, 0.4) is 0 Å². The van der Waals surface area contributed by atoms with Crippen molar-refractivity contribution in [3.8, 4) is 10.6 Å². The third-order valence-electron chi connectivity index (χ3n) is 2.58. The molecule has 0 aliphatic carbocycles. The summed E-state index contributed by atoms with van der Waals surface area (Å²) in [7, 11) is 0. The lowest BCUT2D eigenvalue weighted by molar-refractivity contribution is 0.0517. The van der Waals surface area contributed by atoms with Gasteiger partial charge in [-0.05, 0) is 25.1 Å². The zero-order valence-electron chi connectivity index (χ0n) is 11.3. The number of nitrogens with zero attached hydrogens (tertiary/aromatic N) is 1. The molecule has 0 unspecified atom stereocenters. The van der Waals surface area contributed by atoms with Crippen LogP contribution in [0.1, 0.15) is 34.0 Å². The van der Waals surface area contributed by atoms with Crippen LogP contribution in [0.25, 0.3) is 10.6 Å². The van der Waals surface area contributed by atoms with Crippen LogP contribution in [0.15, 0.2) is 22.7 Å². The molecule has 0 N–H and O–H groups in total. The lowest BCUT2D eigenvalue weighted by atomic mass is 10.2. The molecule has 7 heteroatoms. The third-order valence-corrected chi connectivity index (χ3v) is 4.66. The molecule has 0 amide bonds. The van der Waals surface area contributed by atoms with Crippen LogP contribution in [-0.2, 0) is 4.74 Å². The molecule has 0 saturated carbocycles. The highest BCUT2D eigenvalue weighted by molar-refractivity contribution is 9.10. The third kappa shape index (κ3) is 3.51. The molecule has 0 atom stereocenters. The van der Waals surface area contributed by atoms with Gasteiger partial charge in [-0.25, -0.2) is 9.78 Å². The van der Waals surface area contributed by atoms with Gasteiger partial charge in [0.2, 0.25) is 0 Å². The molecule has 1 aromatic heterocycles. The molecule has 1 aromatic carbocycles. The Morgan fingerprint density at radius 2 is 2.14 bits per heavy atom. The van der Waals surface area contributed by atoms with Gasteiger partial charge < -0.3 is 4.74 Å². The number of rotatable bonds is 4. The Kier molecular flexibility index (Phi) is 5.13. The lowest BCUT2D eigenvalue weighted by Crippen LogP contribution is -2.09. The number of benzene rings is 1. The molecule has 1 heterocycles. The minimum Gasteiger partial charge on any atom is -0.461 e. The summed E-state index contributed by atoms with van der Waals surface area (Å²) in [5, 5.41) is 1.14. The monoisotopic (exact) mass is 387 g/mol. The minimum atomic E-state index is -0.588. The van der Waals surface area contributed by atoms with Crippen LogP contribution in [0.4, 0.5) is 0 Å². The Balaban J connectivity index is 2.53. The molecular formula is C14H11BrClNO3S. The first-order chi connectivity index (χ1) is 9.93. The minimum absolute atomic E-state index is 0.0613. The summed E-state index contributed by atoms with van der Waals surface area (Å²) in [6, 6.07) is 5.24. The van der Waals surface area contributed by atoms with Crippen LogP contribution in [0, 0.1) is 0 Å². The summed E-state index contributed by atoms with van der Waals surface area (Å²) in [5.74, 6) is -0.804. The normalized spacial score (nSPS) is 10.5. The maximum atomic E-state index is 11.9. The molecule has 110 valence electrons. The van der Waals surface area contributed by atoms with Gasteiger partial charge in [0.25, 0.3) is 0 Å². The van der Waals surface area contributed by atoms with Crippen molar-refractivity contribution < 1.29 is 14.3 Å². The average molecular weight is 389 g/mol. The molecule has 0 aliphatic heterocycles. The molecular weight excluding hydrogens is 378 g/mol. The van der Waals surface area contributed by atoms with Crippen molar-refractivity contribution in [2.45, 2.75) is 13.8 Å². The van der Waals surface area contributed by atoms with E-state index in [0.717, 1.165) is 21.4 Å². The van der Waals surface area contributed by atoms with E-state index in [1.807, 2.05) is 0 Å². The number of Topliss-reactive ketones (excluding diaryl/α,β-unsaturated/α-hetero) is 1. The highest BCUT2D eigenvalue weighted by Gasteiger charge is 2.23. The smallest absolute Gasteiger partial charge is 0.358 e. The van der Waals surface area contributed by atoms with Crippen molar-refractivity contribution in [2.24, 2.45) is 0 Å². The first-order valence-electron chi connectivity index (χ1n) is 6.08. The number of carbonyl (C=O) groups is 2. The molecule has 0 bridgehead atoms. The van der Waals surface area contributed by atoms with Crippen LogP contribution in [0.5, 0.6) is 0 Å². The predicted molar refractivity (Wildman–Crippen MR) is 86.2 cm³/mol. The molecule has 0 fully saturated rings. The topological polar surface area (TPSA) is 56.3 Å². The number of carbonyl (C=O) groups excluding carboxylic acids is 2. The molecule has 0 aliphatic rings. The van der Waals surface area contributed by atoms with Crippen molar-refractivity contribution >= 4 is 50.6 Å². The number of aromatic nitrogens is 1. The van der Waals surface area contributed by atoms with Crippen LogP contribution in [-0.4, -0.2) is 23.3 Å². The van der Waals surface area contributed by atoms with Crippen LogP contribution in [0.2, 0.25) is 5.02 Å². The Hall–Kier alpha value is -1.24. The summed E-state index contributed by atoms with van der Waals surface area (Å²) >= 11 is 10.5. The maximum Gasteiger partial charge on any atom is 0.358 e. The molecule has 2 rings (SSSR count). The Morgan fingerprint density at radius 3 is 2.71 bits per heavy atom. The molecule has 21 heavy (non-hydrogen) atoms. The largest absolute Gasteiger partial charge is 0.461 e. The number of hydrogen-bond donors (Lipinski definition) is 0. The van der Waals surface area contributed by atoms with E-state index in [1.165, 1.54) is 6.92 Å². The quantitative estimate of drug-likeness (QED) is 0.567. The fourth-order valence-electron chi connectivity index (χ4n) is 1.67. The number of esters is 1. The number of thiazole rings is 1. The summed E-state index contributed by atoms with van der Waals surface area (Å²) < 4.78 is 5.68. The van der Waals surface area contributed by atoms with E-state index in [4.69, 9.17) is 16.3 Å². The van der Waals surface area contributed by atoms with Gasteiger partial charge in [-0.1, -0.05) is 27.5 Å². The zero-order valence-corrected chi connectivity index (χ0v) is 14.4. The van der Waals surface area contributed by atoms with Crippen LogP contribution >= 0.6 is 38.9 Å². The standard InChI is InChI=1S/C14H11BrClNO3S/c1-3-20-14(19)11-12(7(2)18)21-13(17-11)9-5-4-8(16)6-10(9)15/h4-6H,3H2,1-2H3. The van der Waals surface area contributed by atoms with Gasteiger partial charge in [-0.3, -0.25) is 4.79 Å². The SMILES string of the molecule is CCOC(=O)c1nc(-c2ccc(Cl)cc2Br)sc1C(C)=O. The highest BCUT2D eigenvalue weighted by Crippen LogP contribution is 2.35. The summed E-state index contributed by atoms with van der Waals surface area (Å²) in [5.41, 5.74) is 0.827. The summed E-state index contributed by atoms with van der Waals surface area (Å²) in [6.07, 6.45) is 0. The Bertz CT molecular complexity index is 714. The summed E-state index contributed by atoms with van der Waals surface area (Å²) in [4.78, 5) is 28.1. The molecule has 2 aromatic rings. The second-order valence-electron chi connectivity index (χ2n) is 4.10. The Labute approximate surface area is 139 Å².